The third kappa shape index (κ3) is 5.05. The highest BCUT2D eigenvalue weighted by atomic mass is 16.5. The number of hydrogen-bond acceptors (Lipinski definition) is 5. The SMILES string of the molecule is O=C(NC[C@H](O)c1cccc(OCc2ccccc2)c1)[C@H]1C[C@H](O)CN1. The average molecular weight is 356 g/mol. The maximum Gasteiger partial charge on any atom is 0.237 e. The first-order valence-corrected chi connectivity index (χ1v) is 8.76. The summed E-state index contributed by atoms with van der Waals surface area (Å²) < 4.78 is 5.77. The second-order valence-electron chi connectivity index (χ2n) is 6.46. The van der Waals surface area contributed by atoms with Gasteiger partial charge in [0.1, 0.15) is 12.4 Å². The zero-order valence-electron chi connectivity index (χ0n) is 14.5. The molecule has 138 valence electrons. The fraction of sp³-hybridized carbons (Fsp3) is 0.350. The number of carbonyl (C=O) groups is 1. The molecule has 1 amide bonds. The van der Waals surface area contributed by atoms with Crippen molar-refractivity contribution in [2.24, 2.45) is 0 Å². The van der Waals surface area contributed by atoms with Gasteiger partial charge in [-0.15, -0.1) is 0 Å². The van der Waals surface area contributed by atoms with Crippen molar-refractivity contribution in [3.8, 4) is 5.75 Å². The number of ether oxygens (including phenoxy) is 1. The summed E-state index contributed by atoms with van der Waals surface area (Å²) in [5, 5.41) is 25.5. The highest BCUT2D eigenvalue weighted by molar-refractivity contribution is 5.82. The Kier molecular flexibility index (Phi) is 6.22. The molecule has 1 aliphatic rings. The van der Waals surface area contributed by atoms with E-state index in [0.29, 0.717) is 30.9 Å². The van der Waals surface area contributed by atoms with Crippen LogP contribution in [0.1, 0.15) is 23.7 Å². The summed E-state index contributed by atoms with van der Waals surface area (Å²) >= 11 is 0. The molecule has 0 spiro atoms. The van der Waals surface area contributed by atoms with Crippen molar-refractivity contribution in [3.63, 3.8) is 0 Å². The van der Waals surface area contributed by atoms with Crippen molar-refractivity contribution in [2.75, 3.05) is 13.1 Å². The molecule has 0 aromatic heterocycles. The molecule has 2 aromatic rings. The minimum atomic E-state index is -0.828. The highest BCUT2D eigenvalue weighted by Crippen LogP contribution is 2.20. The maximum absolute atomic E-state index is 12.0. The van der Waals surface area contributed by atoms with Gasteiger partial charge in [0.2, 0.25) is 5.91 Å². The molecule has 26 heavy (non-hydrogen) atoms. The Morgan fingerprint density at radius 3 is 2.77 bits per heavy atom. The molecule has 4 N–H and O–H groups in total. The van der Waals surface area contributed by atoms with Crippen LogP contribution in [-0.4, -0.2) is 41.4 Å². The van der Waals surface area contributed by atoms with Crippen molar-refractivity contribution in [2.45, 2.75) is 31.3 Å². The summed E-state index contributed by atoms with van der Waals surface area (Å²) in [5.74, 6) is 0.453. The largest absolute Gasteiger partial charge is 0.489 e. The smallest absolute Gasteiger partial charge is 0.237 e. The molecule has 1 heterocycles. The van der Waals surface area contributed by atoms with Gasteiger partial charge in [0.15, 0.2) is 0 Å². The van der Waals surface area contributed by atoms with Crippen LogP contribution in [0.15, 0.2) is 54.6 Å². The van der Waals surface area contributed by atoms with E-state index in [9.17, 15) is 15.0 Å². The third-order valence-corrected chi connectivity index (χ3v) is 4.38. The summed E-state index contributed by atoms with van der Waals surface area (Å²) in [5.41, 5.74) is 1.74. The van der Waals surface area contributed by atoms with E-state index in [-0.39, 0.29) is 12.5 Å². The van der Waals surface area contributed by atoms with E-state index in [1.165, 1.54) is 0 Å². The minimum absolute atomic E-state index is 0.106. The fourth-order valence-corrected chi connectivity index (χ4v) is 2.91. The van der Waals surface area contributed by atoms with Crippen LogP contribution in [0.5, 0.6) is 5.75 Å². The number of benzene rings is 2. The Labute approximate surface area is 152 Å². The molecule has 3 atom stereocenters. The first-order chi connectivity index (χ1) is 12.6. The number of aliphatic hydroxyl groups excluding tert-OH is 2. The minimum Gasteiger partial charge on any atom is -0.489 e. The quantitative estimate of drug-likeness (QED) is 0.597. The molecule has 1 fully saturated rings. The number of hydrogen-bond donors (Lipinski definition) is 4. The topological polar surface area (TPSA) is 90.8 Å². The summed E-state index contributed by atoms with van der Waals surface area (Å²) in [4.78, 5) is 12.0. The van der Waals surface area contributed by atoms with E-state index < -0.39 is 18.2 Å². The number of carbonyl (C=O) groups excluding carboxylic acids is 1. The lowest BCUT2D eigenvalue weighted by molar-refractivity contribution is -0.123. The van der Waals surface area contributed by atoms with Crippen molar-refractivity contribution >= 4 is 5.91 Å². The van der Waals surface area contributed by atoms with Crippen LogP contribution in [0.3, 0.4) is 0 Å². The van der Waals surface area contributed by atoms with Crippen LogP contribution in [0.4, 0.5) is 0 Å². The number of β-amino-alcohol motifs (C(OH)–C–C–N with tert-alkyl or cyclic N) is 1. The first-order valence-electron chi connectivity index (χ1n) is 8.76. The number of aliphatic hydroxyl groups is 2. The van der Waals surface area contributed by atoms with Gasteiger partial charge in [0.05, 0.1) is 18.2 Å². The lowest BCUT2D eigenvalue weighted by Crippen LogP contribution is -2.41. The maximum atomic E-state index is 12.0. The molecular formula is C20H24N2O4. The van der Waals surface area contributed by atoms with Crippen LogP contribution >= 0.6 is 0 Å². The van der Waals surface area contributed by atoms with Gasteiger partial charge in [-0.3, -0.25) is 4.79 Å². The Morgan fingerprint density at radius 2 is 2.04 bits per heavy atom. The molecule has 0 bridgehead atoms. The van der Waals surface area contributed by atoms with E-state index in [2.05, 4.69) is 10.6 Å². The molecule has 0 saturated carbocycles. The van der Waals surface area contributed by atoms with E-state index in [1.54, 1.807) is 12.1 Å². The lowest BCUT2D eigenvalue weighted by atomic mass is 10.1. The summed E-state index contributed by atoms with van der Waals surface area (Å²) in [6, 6.07) is 16.7. The Hall–Kier alpha value is -2.41. The zero-order chi connectivity index (χ0) is 18.4. The molecule has 0 radical (unpaired) electrons. The van der Waals surface area contributed by atoms with Crippen molar-refractivity contribution in [1.82, 2.24) is 10.6 Å². The zero-order valence-corrected chi connectivity index (χ0v) is 14.5. The third-order valence-electron chi connectivity index (χ3n) is 4.38. The molecule has 6 heteroatoms. The molecule has 6 nitrogen and oxygen atoms in total. The van der Waals surface area contributed by atoms with Gasteiger partial charge in [-0.05, 0) is 29.7 Å². The Bertz CT molecular complexity index is 723. The second-order valence-corrected chi connectivity index (χ2v) is 6.46. The predicted octanol–water partition coefficient (Wildman–Crippen LogP) is 1.14. The van der Waals surface area contributed by atoms with Crippen LogP contribution < -0.4 is 15.4 Å². The molecule has 3 rings (SSSR count). The number of nitrogens with one attached hydrogen (secondary N) is 2. The predicted molar refractivity (Wildman–Crippen MR) is 97.6 cm³/mol. The first kappa shape index (κ1) is 18.4. The van der Waals surface area contributed by atoms with Gasteiger partial charge in [-0.25, -0.2) is 0 Å². The summed E-state index contributed by atoms with van der Waals surface area (Å²) in [6.07, 6.45) is -0.926. The van der Waals surface area contributed by atoms with Gasteiger partial charge in [0, 0.05) is 13.1 Å². The molecule has 0 aliphatic carbocycles. The Balaban J connectivity index is 1.51. The molecule has 0 unspecified atom stereocenters. The number of amides is 1. The standard InChI is InChI=1S/C20H24N2O4/c23-16-10-18(21-11-16)20(25)22-12-19(24)15-7-4-8-17(9-15)26-13-14-5-2-1-3-6-14/h1-9,16,18-19,21,23-24H,10-13H2,(H,22,25)/t16-,18+,19-/m0/s1. The molecule has 1 saturated heterocycles. The van der Waals surface area contributed by atoms with Gasteiger partial charge < -0.3 is 25.6 Å². The van der Waals surface area contributed by atoms with Gasteiger partial charge in [-0.1, -0.05) is 42.5 Å². The van der Waals surface area contributed by atoms with Crippen molar-refractivity contribution in [1.29, 1.82) is 0 Å². The normalized spacial score (nSPS) is 20.5. The molecular weight excluding hydrogens is 332 g/mol. The van der Waals surface area contributed by atoms with Gasteiger partial charge in [-0.2, -0.15) is 0 Å². The average Bonchev–Trinajstić information content (AvgIpc) is 3.12. The van der Waals surface area contributed by atoms with Crippen molar-refractivity contribution < 1.29 is 19.7 Å². The number of rotatable bonds is 7. The lowest BCUT2D eigenvalue weighted by Gasteiger charge is -2.16. The van der Waals surface area contributed by atoms with E-state index >= 15 is 0 Å². The van der Waals surface area contributed by atoms with E-state index in [1.807, 2.05) is 42.5 Å². The molecule has 1 aliphatic heterocycles. The van der Waals surface area contributed by atoms with Crippen LogP contribution in [0, 0.1) is 0 Å². The Morgan fingerprint density at radius 1 is 1.23 bits per heavy atom. The summed E-state index contributed by atoms with van der Waals surface area (Å²) in [6.45, 7) is 0.976. The highest BCUT2D eigenvalue weighted by Gasteiger charge is 2.28. The summed E-state index contributed by atoms with van der Waals surface area (Å²) in [7, 11) is 0. The van der Waals surface area contributed by atoms with Crippen LogP contribution in [-0.2, 0) is 11.4 Å². The van der Waals surface area contributed by atoms with Crippen LogP contribution in [0.2, 0.25) is 0 Å². The second kappa shape index (κ2) is 8.80. The van der Waals surface area contributed by atoms with Crippen LogP contribution in [0.25, 0.3) is 0 Å². The molecule has 2 aromatic carbocycles. The fourth-order valence-electron chi connectivity index (χ4n) is 2.91. The van der Waals surface area contributed by atoms with E-state index in [4.69, 9.17) is 4.74 Å². The monoisotopic (exact) mass is 356 g/mol. The van der Waals surface area contributed by atoms with Gasteiger partial charge >= 0.3 is 0 Å². The van der Waals surface area contributed by atoms with Crippen molar-refractivity contribution in [3.05, 3.63) is 65.7 Å². The van der Waals surface area contributed by atoms with Gasteiger partial charge in [0.25, 0.3) is 0 Å². The van der Waals surface area contributed by atoms with E-state index in [0.717, 1.165) is 5.56 Å².